The third kappa shape index (κ3) is 1.42. The van der Waals surface area contributed by atoms with Crippen molar-refractivity contribution in [1.82, 2.24) is 0 Å². The maximum atomic E-state index is 11.5. The molecule has 0 aliphatic carbocycles. The molecule has 0 radical (unpaired) electrons. The number of anilines is 1. The van der Waals surface area contributed by atoms with Crippen molar-refractivity contribution in [3.8, 4) is 0 Å². The summed E-state index contributed by atoms with van der Waals surface area (Å²) >= 11 is 5.94. The Kier molecular flexibility index (Phi) is 2.00. The number of rotatable bonds is 0. The van der Waals surface area contributed by atoms with Crippen LogP contribution in [-0.2, 0) is 0 Å². The van der Waals surface area contributed by atoms with Crippen molar-refractivity contribution in [2.24, 2.45) is 0 Å². The summed E-state index contributed by atoms with van der Waals surface area (Å²) in [6.07, 6.45) is 0.577. The van der Waals surface area contributed by atoms with E-state index in [1.54, 1.807) is 0 Å². The van der Waals surface area contributed by atoms with Gasteiger partial charge in [0.15, 0.2) is 5.78 Å². The molecule has 0 bridgehead atoms. The Labute approximate surface area is 81.9 Å². The zero-order valence-corrected chi connectivity index (χ0v) is 8.11. The molecule has 1 aromatic carbocycles. The minimum atomic E-state index is 0.202. The summed E-state index contributed by atoms with van der Waals surface area (Å²) in [5.74, 6) is 0.202. The summed E-state index contributed by atoms with van der Waals surface area (Å²) in [7, 11) is 0. The van der Waals surface area contributed by atoms with E-state index in [2.05, 4.69) is 5.32 Å². The second kappa shape index (κ2) is 3.04. The number of carbonyl (C=O) groups is 1. The number of nitrogens with one attached hydrogen (secondary N) is 1. The molecule has 0 amide bonds. The Morgan fingerprint density at radius 1 is 1.46 bits per heavy atom. The lowest BCUT2D eigenvalue weighted by Crippen LogP contribution is -2.17. The molecular formula is C10H10ClNO. The molecule has 0 fully saturated rings. The third-order valence-corrected chi connectivity index (χ3v) is 2.67. The van der Waals surface area contributed by atoms with Crippen LogP contribution in [0.15, 0.2) is 12.1 Å². The maximum absolute atomic E-state index is 11.5. The number of fused-ring (bicyclic) bond motifs is 1. The van der Waals surface area contributed by atoms with Crippen LogP contribution in [0.1, 0.15) is 22.3 Å². The largest absolute Gasteiger partial charge is 0.384 e. The van der Waals surface area contributed by atoms with Crippen molar-refractivity contribution in [2.45, 2.75) is 13.3 Å². The second-order valence-electron chi connectivity index (χ2n) is 3.25. The topological polar surface area (TPSA) is 29.1 Å². The monoisotopic (exact) mass is 195 g/mol. The molecular weight excluding hydrogens is 186 g/mol. The number of benzene rings is 1. The summed E-state index contributed by atoms with van der Waals surface area (Å²) in [4.78, 5) is 11.5. The van der Waals surface area contributed by atoms with Gasteiger partial charge in [0.05, 0.1) is 0 Å². The fourth-order valence-electron chi connectivity index (χ4n) is 1.50. The van der Waals surface area contributed by atoms with Gasteiger partial charge in [0.2, 0.25) is 0 Å². The smallest absolute Gasteiger partial charge is 0.166 e. The molecule has 68 valence electrons. The van der Waals surface area contributed by atoms with Crippen LogP contribution in [0.25, 0.3) is 0 Å². The SMILES string of the molecule is Cc1cc2c(cc1Cl)NCCC2=O. The van der Waals surface area contributed by atoms with E-state index in [-0.39, 0.29) is 5.78 Å². The van der Waals surface area contributed by atoms with Crippen LogP contribution in [-0.4, -0.2) is 12.3 Å². The molecule has 13 heavy (non-hydrogen) atoms. The van der Waals surface area contributed by atoms with E-state index in [9.17, 15) is 4.79 Å². The van der Waals surface area contributed by atoms with Gasteiger partial charge in [-0.25, -0.2) is 0 Å². The molecule has 0 saturated heterocycles. The summed E-state index contributed by atoms with van der Waals surface area (Å²) in [5.41, 5.74) is 2.59. The van der Waals surface area contributed by atoms with Gasteiger partial charge in [-0.2, -0.15) is 0 Å². The molecule has 0 unspecified atom stereocenters. The third-order valence-electron chi connectivity index (χ3n) is 2.27. The van der Waals surface area contributed by atoms with Crippen molar-refractivity contribution in [2.75, 3.05) is 11.9 Å². The van der Waals surface area contributed by atoms with E-state index in [1.165, 1.54) is 0 Å². The van der Waals surface area contributed by atoms with Gasteiger partial charge in [0.1, 0.15) is 0 Å². The van der Waals surface area contributed by atoms with E-state index in [0.29, 0.717) is 18.0 Å². The maximum Gasteiger partial charge on any atom is 0.166 e. The normalized spacial score (nSPS) is 15.1. The van der Waals surface area contributed by atoms with E-state index < -0.39 is 0 Å². The molecule has 0 atom stereocenters. The van der Waals surface area contributed by atoms with Crippen LogP contribution < -0.4 is 5.32 Å². The fraction of sp³-hybridized carbons (Fsp3) is 0.300. The molecule has 0 aromatic heterocycles. The van der Waals surface area contributed by atoms with Crippen molar-refractivity contribution in [1.29, 1.82) is 0 Å². The van der Waals surface area contributed by atoms with Gasteiger partial charge in [0.25, 0.3) is 0 Å². The van der Waals surface area contributed by atoms with Crippen molar-refractivity contribution in [3.63, 3.8) is 0 Å². The lowest BCUT2D eigenvalue weighted by molar-refractivity contribution is 0.0983. The van der Waals surface area contributed by atoms with E-state index in [1.807, 2.05) is 19.1 Å². The highest BCUT2D eigenvalue weighted by Gasteiger charge is 2.17. The first-order valence-electron chi connectivity index (χ1n) is 4.25. The highest BCUT2D eigenvalue weighted by Crippen LogP contribution is 2.28. The Hall–Kier alpha value is -1.02. The number of carbonyl (C=O) groups excluding carboxylic acids is 1. The van der Waals surface area contributed by atoms with Crippen LogP contribution >= 0.6 is 11.6 Å². The minimum absolute atomic E-state index is 0.202. The molecule has 1 aromatic rings. The lowest BCUT2D eigenvalue weighted by atomic mass is 10.00. The molecule has 3 heteroatoms. The number of ketones is 1. The Morgan fingerprint density at radius 2 is 2.23 bits per heavy atom. The van der Waals surface area contributed by atoms with Gasteiger partial charge in [0, 0.05) is 29.2 Å². The molecule has 0 spiro atoms. The number of aryl methyl sites for hydroxylation is 1. The van der Waals surface area contributed by atoms with Crippen molar-refractivity contribution < 1.29 is 4.79 Å². The van der Waals surface area contributed by atoms with Crippen LogP contribution in [0.3, 0.4) is 0 Å². The quantitative estimate of drug-likeness (QED) is 0.690. The zero-order chi connectivity index (χ0) is 9.42. The number of hydrogen-bond donors (Lipinski definition) is 1. The molecule has 1 heterocycles. The van der Waals surface area contributed by atoms with E-state index in [4.69, 9.17) is 11.6 Å². The van der Waals surface area contributed by atoms with Gasteiger partial charge >= 0.3 is 0 Å². The highest BCUT2D eigenvalue weighted by atomic mass is 35.5. The first kappa shape index (κ1) is 8.57. The first-order valence-corrected chi connectivity index (χ1v) is 4.63. The van der Waals surface area contributed by atoms with Gasteiger partial charge < -0.3 is 5.32 Å². The van der Waals surface area contributed by atoms with Gasteiger partial charge in [-0.3, -0.25) is 4.79 Å². The number of halogens is 1. The molecule has 2 rings (SSSR count). The van der Waals surface area contributed by atoms with E-state index in [0.717, 1.165) is 16.8 Å². The molecule has 1 N–H and O–H groups in total. The highest BCUT2D eigenvalue weighted by molar-refractivity contribution is 6.32. The van der Waals surface area contributed by atoms with Gasteiger partial charge in [-0.05, 0) is 24.6 Å². The second-order valence-corrected chi connectivity index (χ2v) is 3.65. The average molecular weight is 196 g/mol. The molecule has 1 aliphatic rings. The minimum Gasteiger partial charge on any atom is -0.384 e. The van der Waals surface area contributed by atoms with Crippen LogP contribution in [0.2, 0.25) is 5.02 Å². The standard InChI is InChI=1S/C10H10ClNO/c1-6-4-7-9(5-8(6)11)12-3-2-10(7)13/h4-5,12H,2-3H2,1H3. The Morgan fingerprint density at radius 3 is 3.00 bits per heavy atom. The Bertz CT molecular complexity index is 373. The van der Waals surface area contributed by atoms with Crippen LogP contribution in [0.5, 0.6) is 0 Å². The first-order chi connectivity index (χ1) is 6.18. The zero-order valence-electron chi connectivity index (χ0n) is 7.36. The summed E-state index contributed by atoms with van der Waals surface area (Å²) < 4.78 is 0. The summed E-state index contributed by atoms with van der Waals surface area (Å²) in [6, 6.07) is 3.68. The molecule has 2 nitrogen and oxygen atoms in total. The van der Waals surface area contributed by atoms with Crippen molar-refractivity contribution in [3.05, 3.63) is 28.3 Å². The number of Topliss-reactive ketones (excluding diaryl/α,β-unsaturated/α-hetero) is 1. The van der Waals surface area contributed by atoms with Crippen LogP contribution in [0, 0.1) is 6.92 Å². The van der Waals surface area contributed by atoms with Gasteiger partial charge in [-0.1, -0.05) is 11.6 Å². The average Bonchev–Trinajstić information content (AvgIpc) is 2.09. The summed E-state index contributed by atoms with van der Waals surface area (Å²) in [6.45, 7) is 2.62. The Balaban J connectivity index is 2.58. The summed E-state index contributed by atoms with van der Waals surface area (Å²) in [5, 5.41) is 3.86. The van der Waals surface area contributed by atoms with Crippen LogP contribution in [0.4, 0.5) is 5.69 Å². The predicted octanol–water partition coefficient (Wildman–Crippen LogP) is 2.65. The van der Waals surface area contributed by atoms with E-state index >= 15 is 0 Å². The number of hydrogen-bond acceptors (Lipinski definition) is 2. The lowest BCUT2D eigenvalue weighted by Gasteiger charge is -2.17. The van der Waals surface area contributed by atoms with Crippen molar-refractivity contribution >= 4 is 23.1 Å². The van der Waals surface area contributed by atoms with Gasteiger partial charge in [-0.15, -0.1) is 0 Å². The fourth-order valence-corrected chi connectivity index (χ4v) is 1.67. The molecule has 1 aliphatic heterocycles. The molecule has 0 saturated carbocycles. The predicted molar refractivity (Wildman–Crippen MR) is 53.6 cm³/mol.